The highest BCUT2D eigenvalue weighted by atomic mass is 19.1. The Kier molecular flexibility index (Phi) is 5.46. The zero-order chi connectivity index (χ0) is 12.7. The average molecular weight is 237 g/mol. The first-order chi connectivity index (χ1) is 8.11. The molecule has 0 unspecified atom stereocenters. The number of hydrogen-bond acceptors (Lipinski definition) is 1. The SMILES string of the molecule is CCNC(=NCc1cccc(F)c1)NC(C)C. The molecule has 1 aromatic carbocycles. The van der Waals surface area contributed by atoms with Crippen molar-refractivity contribution in [2.75, 3.05) is 6.54 Å². The van der Waals surface area contributed by atoms with E-state index in [9.17, 15) is 4.39 Å². The Morgan fingerprint density at radius 2 is 2.18 bits per heavy atom. The minimum atomic E-state index is -0.223. The van der Waals surface area contributed by atoms with Gasteiger partial charge in [0.25, 0.3) is 0 Å². The summed E-state index contributed by atoms with van der Waals surface area (Å²) in [6, 6.07) is 6.82. The van der Waals surface area contributed by atoms with Gasteiger partial charge in [0, 0.05) is 12.6 Å². The van der Waals surface area contributed by atoms with Crippen LogP contribution in [0.15, 0.2) is 29.3 Å². The van der Waals surface area contributed by atoms with Gasteiger partial charge in [-0.05, 0) is 38.5 Å². The molecule has 1 rings (SSSR count). The third-order valence-electron chi connectivity index (χ3n) is 2.08. The number of guanidine groups is 1. The van der Waals surface area contributed by atoms with E-state index in [4.69, 9.17) is 0 Å². The van der Waals surface area contributed by atoms with Gasteiger partial charge in [0.2, 0.25) is 0 Å². The molecule has 2 N–H and O–H groups in total. The fourth-order valence-electron chi connectivity index (χ4n) is 1.40. The van der Waals surface area contributed by atoms with Crippen molar-refractivity contribution in [1.82, 2.24) is 10.6 Å². The molecule has 0 bridgehead atoms. The second kappa shape index (κ2) is 6.89. The van der Waals surface area contributed by atoms with Gasteiger partial charge >= 0.3 is 0 Å². The van der Waals surface area contributed by atoms with Gasteiger partial charge in [0.1, 0.15) is 5.82 Å². The van der Waals surface area contributed by atoms with E-state index in [1.54, 1.807) is 6.07 Å². The Hall–Kier alpha value is -1.58. The number of aliphatic imine (C=N–C) groups is 1. The summed E-state index contributed by atoms with van der Waals surface area (Å²) in [5, 5.41) is 6.35. The summed E-state index contributed by atoms with van der Waals surface area (Å²) < 4.78 is 13.0. The largest absolute Gasteiger partial charge is 0.357 e. The predicted octanol–water partition coefficient (Wildman–Crippen LogP) is 2.29. The molecule has 94 valence electrons. The maximum Gasteiger partial charge on any atom is 0.191 e. The van der Waals surface area contributed by atoms with Crippen LogP contribution in [0.5, 0.6) is 0 Å². The maximum atomic E-state index is 13.0. The van der Waals surface area contributed by atoms with Gasteiger partial charge < -0.3 is 10.6 Å². The fourth-order valence-corrected chi connectivity index (χ4v) is 1.40. The van der Waals surface area contributed by atoms with Gasteiger partial charge in [-0.3, -0.25) is 0 Å². The summed E-state index contributed by atoms with van der Waals surface area (Å²) in [5.41, 5.74) is 0.867. The highest BCUT2D eigenvalue weighted by Gasteiger charge is 2.00. The fraction of sp³-hybridized carbons (Fsp3) is 0.462. The average Bonchev–Trinajstić information content (AvgIpc) is 2.26. The zero-order valence-electron chi connectivity index (χ0n) is 10.6. The smallest absolute Gasteiger partial charge is 0.191 e. The lowest BCUT2D eigenvalue weighted by molar-refractivity contribution is 0.625. The lowest BCUT2D eigenvalue weighted by Gasteiger charge is -2.13. The van der Waals surface area contributed by atoms with Crippen LogP contribution in [0.4, 0.5) is 4.39 Å². The van der Waals surface area contributed by atoms with E-state index in [1.165, 1.54) is 12.1 Å². The molecule has 4 heteroatoms. The van der Waals surface area contributed by atoms with Crippen molar-refractivity contribution < 1.29 is 4.39 Å². The van der Waals surface area contributed by atoms with Crippen molar-refractivity contribution in [3.8, 4) is 0 Å². The molecule has 17 heavy (non-hydrogen) atoms. The third-order valence-corrected chi connectivity index (χ3v) is 2.08. The van der Waals surface area contributed by atoms with Crippen molar-refractivity contribution >= 4 is 5.96 Å². The minimum Gasteiger partial charge on any atom is -0.357 e. The molecule has 0 saturated heterocycles. The second-order valence-electron chi connectivity index (χ2n) is 4.12. The van der Waals surface area contributed by atoms with Gasteiger partial charge in [-0.15, -0.1) is 0 Å². The molecule has 0 aliphatic rings. The van der Waals surface area contributed by atoms with Crippen molar-refractivity contribution in [3.05, 3.63) is 35.6 Å². The van der Waals surface area contributed by atoms with Crippen LogP contribution in [0.1, 0.15) is 26.3 Å². The van der Waals surface area contributed by atoms with Crippen LogP contribution in [0.3, 0.4) is 0 Å². The number of hydrogen-bond donors (Lipinski definition) is 2. The van der Waals surface area contributed by atoms with Crippen LogP contribution in [-0.2, 0) is 6.54 Å². The van der Waals surface area contributed by atoms with Gasteiger partial charge in [-0.1, -0.05) is 12.1 Å². The molecule has 0 fully saturated rings. The van der Waals surface area contributed by atoms with Gasteiger partial charge in [0.15, 0.2) is 5.96 Å². The Morgan fingerprint density at radius 3 is 2.76 bits per heavy atom. The van der Waals surface area contributed by atoms with Crippen molar-refractivity contribution in [2.24, 2.45) is 4.99 Å². The van der Waals surface area contributed by atoms with Crippen LogP contribution in [0, 0.1) is 5.82 Å². The van der Waals surface area contributed by atoms with E-state index >= 15 is 0 Å². The summed E-state index contributed by atoms with van der Waals surface area (Å²) in [5.74, 6) is 0.534. The Balaban J connectivity index is 2.64. The van der Waals surface area contributed by atoms with Crippen molar-refractivity contribution in [3.63, 3.8) is 0 Å². The van der Waals surface area contributed by atoms with Crippen molar-refractivity contribution in [2.45, 2.75) is 33.4 Å². The van der Waals surface area contributed by atoms with Crippen LogP contribution in [0.25, 0.3) is 0 Å². The maximum absolute atomic E-state index is 13.0. The van der Waals surface area contributed by atoms with E-state index in [0.29, 0.717) is 12.6 Å². The highest BCUT2D eigenvalue weighted by molar-refractivity contribution is 5.79. The first-order valence-electron chi connectivity index (χ1n) is 5.91. The molecule has 0 atom stereocenters. The minimum absolute atomic E-state index is 0.223. The molecule has 0 radical (unpaired) electrons. The van der Waals surface area contributed by atoms with E-state index in [2.05, 4.69) is 29.5 Å². The normalized spacial score (nSPS) is 11.7. The van der Waals surface area contributed by atoms with Gasteiger partial charge in [-0.25, -0.2) is 9.38 Å². The number of benzene rings is 1. The van der Waals surface area contributed by atoms with Crippen molar-refractivity contribution in [1.29, 1.82) is 0 Å². The van der Waals surface area contributed by atoms with Gasteiger partial charge in [0.05, 0.1) is 6.54 Å². The standard InChI is InChI=1S/C13H20FN3/c1-4-15-13(17-10(2)3)16-9-11-6-5-7-12(14)8-11/h5-8,10H,4,9H2,1-3H3,(H2,15,16,17). The number of nitrogens with one attached hydrogen (secondary N) is 2. The van der Waals surface area contributed by atoms with Crippen LogP contribution < -0.4 is 10.6 Å². The molecular weight excluding hydrogens is 217 g/mol. The second-order valence-corrected chi connectivity index (χ2v) is 4.12. The topological polar surface area (TPSA) is 36.4 Å². The van der Waals surface area contributed by atoms with E-state index < -0.39 is 0 Å². The number of nitrogens with zero attached hydrogens (tertiary/aromatic N) is 1. The summed E-state index contributed by atoms with van der Waals surface area (Å²) in [7, 11) is 0. The molecule has 0 aliphatic heterocycles. The Labute approximate surface area is 102 Å². The summed E-state index contributed by atoms with van der Waals surface area (Å²) in [6.07, 6.45) is 0. The molecule has 3 nitrogen and oxygen atoms in total. The van der Waals surface area contributed by atoms with E-state index in [1.807, 2.05) is 13.0 Å². The van der Waals surface area contributed by atoms with E-state index in [0.717, 1.165) is 18.1 Å². The molecule has 0 saturated carbocycles. The first-order valence-corrected chi connectivity index (χ1v) is 5.91. The molecule has 0 aromatic heterocycles. The Morgan fingerprint density at radius 1 is 1.41 bits per heavy atom. The van der Waals surface area contributed by atoms with Crippen LogP contribution in [0.2, 0.25) is 0 Å². The van der Waals surface area contributed by atoms with Gasteiger partial charge in [-0.2, -0.15) is 0 Å². The molecule has 0 spiro atoms. The number of halogens is 1. The summed E-state index contributed by atoms with van der Waals surface area (Å²) in [4.78, 5) is 4.39. The molecule has 0 amide bonds. The quantitative estimate of drug-likeness (QED) is 0.622. The first kappa shape index (κ1) is 13.5. The molecule has 0 heterocycles. The highest BCUT2D eigenvalue weighted by Crippen LogP contribution is 2.04. The predicted molar refractivity (Wildman–Crippen MR) is 69.5 cm³/mol. The van der Waals surface area contributed by atoms with E-state index in [-0.39, 0.29) is 5.82 Å². The summed E-state index contributed by atoms with van der Waals surface area (Å²) >= 11 is 0. The Bertz CT molecular complexity index is 375. The monoisotopic (exact) mass is 237 g/mol. The zero-order valence-corrected chi connectivity index (χ0v) is 10.6. The molecular formula is C13H20FN3. The van der Waals surface area contributed by atoms with Crippen LogP contribution >= 0.6 is 0 Å². The lowest BCUT2D eigenvalue weighted by Crippen LogP contribution is -2.40. The number of rotatable bonds is 4. The summed E-state index contributed by atoms with van der Waals surface area (Å²) in [6.45, 7) is 7.39. The third kappa shape index (κ3) is 5.33. The lowest BCUT2D eigenvalue weighted by atomic mass is 10.2. The molecule has 1 aromatic rings. The molecule has 0 aliphatic carbocycles. The van der Waals surface area contributed by atoms with Crippen LogP contribution in [-0.4, -0.2) is 18.5 Å².